The van der Waals surface area contributed by atoms with Crippen LogP contribution in [0.5, 0.6) is 11.5 Å². The number of nitrogen functional groups attached to an aromatic ring is 1. The zero-order chi connectivity index (χ0) is 14.5. The molecule has 0 aliphatic rings. The Morgan fingerprint density at radius 3 is 2.48 bits per heavy atom. The Kier molecular flexibility index (Phi) is 6.14. The zero-order valence-electron chi connectivity index (χ0n) is 11.4. The summed E-state index contributed by atoms with van der Waals surface area (Å²) in [6, 6.07) is 9.79. The molecule has 0 radical (unpaired) electrons. The molecule has 2 aromatic rings. The van der Waals surface area contributed by atoms with Crippen molar-refractivity contribution in [2.45, 2.75) is 13.0 Å². The van der Waals surface area contributed by atoms with Crippen LogP contribution in [-0.2, 0) is 13.0 Å². The normalized spacial score (nSPS) is 9.95. The van der Waals surface area contributed by atoms with Gasteiger partial charge in [-0.05, 0) is 48.4 Å². The van der Waals surface area contributed by atoms with Crippen molar-refractivity contribution in [3.05, 3.63) is 47.5 Å². The van der Waals surface area contributed by atoms with Crippen molar-refractivity contribution in [1.82, 2.24) is 0 Å². The van der Waals surface area contributed by atoms with Gasteiger partial charge < -0.3 is 26.4 Å². The molecule has 0 atom stereocenters. The summed E-state index contributed by atoms with van der Waals surface area (Å²) in [5.74, 6) is 0.224. The van der Waals surface area contributed by atoms with E-state index in [9.17, 15) is 10.2 Å². The van der Waals surface area contributed by atoms with Gasteiger partial charge in [-0.3, -0.25) is 0 Å². The van der Waals surface area contributed by atoms with Gasteiger partial charge >= 0.3 is 0 Å². The third-order valence-corrected chi connectivity index (χ3v) is 3.04. The van der Waals surface area contributed by atoms with Crippen LogP contribution in [0.25, 0.3) is 0 Å². The minimum absolute atomic E-state index is 0. The van der Waals surface area contributed by atoms with Crippen LogP contribution in [-0.4, -0.2) is 21.9 Å². The monoisotopic (exact) mass is 310 g/mol. The van der Waals surface area contributed by atoms with Crippen LogP contribution in [0.1, 0.15) is 11.1 Å². The van der Waals surface area contributed by atoms with Crippen molar-refractivity contribution in [2.75, 3.05) is 17.7 Å². The average molecular weight is 311 g/mol. The van der Waals surface area contributed by atoms with Crippen molar-refractivity contribution >= 4 is 23.8 Å². The summed E-state index contributed by atoms with van der Waals surface area (Å²) in [4.78, 5) is 0. The van der Waals surface area contributed by atoms with E-state index in [-0.39, 0.29) is 30.5 Å². The van der Waals surface area contributed by atoms with Crippen molar-refractivity contribution in [2.24, 2.45) is 0 Å². The Hall–Kier alpha value is -2.11. The number of nitrogens with two attached hydrogens (primary N) is 1. The first kappa shape index (κ1) is 16.9. The molecule has 21 heavy (non-hydrogen) atoms. The molecule has 5 nitrogen and oxygen atoms in total. The van der Waals surface area contributed by atoms with Gasteiger partial charge in [-0.2, -0.15) is 0 Å². The predicted molar refractivity (Wildman–Crippen MR) is 86.0 cm³/mol. The molecule has 0 aliphatic carbocycles. The van der Waals surface area contributed by atoms with Crippen LogP contribution in [0, 0.1) is 0 Å². The minimum atomic E-state index is 0. The zero-order valence-corrected chi connectivity index (χ0v) is 12.2. The maximum atomic E-state index is 9.72. The van der Waals surface area contributed by atoms with Gasteiger partial charge in [0.2, 0.25) is 0 Å². The highest BCUT2D eigenvalue weighted by Crippen LogP contribution is 2.25. The highest BCUT2D eigenvalue weighted by atomic mass is 35.5. The second-order valence-corrected chi connectivity index (χ2v) is 4.56. The molecule has 2 aromatic carbocycles. The number of phenols is 2. The van der Waals surface area contributed by atoms with E-state index in [2.05, 4.69) is 5.32 Å². The van der Waals surface area contributed by atoms with Gasteiger partial charge in [-0.25, -0.2) is 0 Å². The summed E-state index contributed by atoms with van der Waals surface area (Å²) in [7, 11) is 0. The van der Waals surface area contributed by atoms with E-state index in [1.54, 1.807) is 12.1 Å². The number of hydrogen-bond donors (Lipinski definition) is 5. The van der Waals surface area contributed by atoms with Crippen LogP contribution < -0.4 is 11.1 Å². The van der Waals surface area contributed by atoms with E-state index in [0.29, 0.717) is 24.2 Å². The van der Waals surface area contributed by atoms with E-state index in [4.69, 9.17) is 10.8 Å². The fraction of sp³-hybridized carbons (Fsp3) is 0.200. The van der Waals surface area contributed by atoms with Crippen molar-refractivity contribution in [3.63, 3.8) is 0 Å². The lowest BCUT2D eigenvalue weighted by Gasteiger charge is -2.13. The molecule has 0 saturated heterocycles. The van der Waals surface area contributed by atoms with Gasteiger partial charge in [0.15, 0.2) is 0 Å². The Morgan fingerprint density at radius 2 is 1.76 bits per heavy atom. The highest BCUT2D eigenvalue weighted by molar-refractivity contribution is 5.85. The molecule has 0 spiro atoms. The van der Waals surface area contributed by atoms with Gasteiger partial charge in [0.05, 0.1) is 0 Å². The summed E-state index contributed by atoms with van der Waals surface area (Å²) in [5, 5.41) is 31.4. The Balaban J connectivity index is 0.00000220. The summed E-state index contributed by atoms with van der Waals surface area (Å²) in [6.07, 6.45) is 0.499. The minimum Gasteiger partial charge on any atom is -0.508 e. The fourth-order valence-corrected chi connectivity index (χ4v) is 2.02. The fourth-order valence-electron chi connectivity index (χ4n) is 2.02. The molecule has 0 saturated carbocycles. The molecule has 0 unspecified atom stereocenters. The molecule has 6 N–H and O–H groups in total. The molecule has 2 rings (SSSR count). The van der Waals surface area contributed by atoms with Crippen LogP contribution >= 0.6 is 12.4 Å². The van der Waals surface area contributed by atoms with Gasteiger partial charge in [-0.1, -0.05) is 0 Å². The van der Waals surface area contributed by atoms with Crippen LogP contribution in [0.4, 0.5) is 11.4 Å². The van der Waals surface area contributed by atoms with Gasteiger partial charge in [0.1, 0.15) is 11.5 Å². The van der Waals surface area contributed by atoms with Crippen LogP contribution in [0.15, 0.2) is 36.4 Å². The smallest absolute Gasteiger partial charge is 0.120 e. The first-order valence-electron chi connectivity index (χ1n) is 6.34. The Labute approximate surface area is 129 Å². The first-order valence-corrected chi connectivity index (χ1v) is 6.34. The lowest BCUT2D eigenvalue weighted by atomic mass is 10.1. The summed E-state index contributed by atoms with van der Waals surface area (Å²) < 4.78 is 0. The number of phenolic OH excluding ortho intramolecular Hbond substituents is 2. The number of halogens is 1. The van der Waals surface area contributed by atoms with E-state index < -0.39 is 0 Å². The summed E-state index contributed by atoms with van der Waals surface area (Å²) >= 11 is 0. The second-order valence-electron chi connectivity index (χ2n) is 4.56. The number of aliphatic hydroxyl groups is 1. The summed E-state index contributed by atoms with van der Waals surface area (Å²) in [5.41, 5.74) is 8.71. The van der Waals surface area contributed by atoms with Crippen molar-refractivity contribution < 1.29 is 15.3 Å². The molecule has 0 fully saturated rings. The molecule has 0 amide bonds. The predicted octanol–water partition coefficient (Wildman–Crippen LogP) is 2.25. The van der Waals surface area contributed by atoms with E-state index >= 15 is 0 Å². The number of hydrogen-bond acceptors (Lipinski definition) is 5. The number of rotatable bonds is 5. The van der Waals surface area contributed by atoms with Gasteiger partial charge in [0, 0.05) is 30.1 Å². The topological polar surface area (TPSA) is 98.7 Å². The number of anilines is 2. The third kappa shape index (κ3) is 4.44. The molecular formula is C15H19ClN2O3. The quantitative estimate of drug-likeness (QED) is 0.431. The standard InChI is InChI=1S/C15H18N2O3.ClH/c16-12-1-3-14(10(7-12)5-6-18)17-9-11-8-13(19)2-4-15(11)20;/h1-4,7-8,17-20H,5-6,9,16H2;1H. The third-order valence-electron chi connectivity index (χ3n) is 3.04. The SMILES string of the molecule is Cl.Nc1ccc(NCc2cc(O)ccc2O)c(CCO)c1. The largest absolute Gasteiger partial charge is 0.508 e. The lowest BCUT2D eigenvalue weighted by molar-refractivity contribution is 0.300. The van der Waals surface area contributed by atoms with E-state index in [1.165, 1.54) is 18.2 Å². The molecule has 0 heterocycles. The van der Waals surface area contributed by atoms with E-state index in [1.807, 2.05) is 6.07 Å². The lowest BCUT2D eigenvalue weighted by Crippen LogP contribution is -2.04. The van der Waals surface area contributed by atoms with Crippen molar-refractivity contribution in [3.8, 4) is 11.5 Å². The van der Waals surface area contributed by atoms with Gasteiger partial charge in [0.25, 0.3) is 0 Å². The maximum Gasteiger partial charge on any atom is 0.120 e. The molecule has 6 heteroatoms. The molecule has 0 bridgehead atoms. The highest BCUT2D eigenvalue weighted by Gasteiger charge is 2.06. The maximum absolute atomic E-state index is 9.72. The Morgan fingerprint density at radius 1 is 1.00 bits per heavy atom. The average Bonchev–Trinajstić information content (AvgIpc) is 2.42. The van der Waals surface area contributed by atoms with Crippen LogP contribution in [0.2, 0.25) is 0 Å². The van der Waals surface area contributed by atoms with Crippen molar-refractivity contribution in [1.29, 1.82) is 0 Å². The first-order chi connectivity index (χ1) is 9.60. The number of nitrogens with one attached hydrogen (secondary N) is 1. The molecule has 114 valence electrons. The number of aliphatic hydroxyl groups excluding tert-OH is 1. The molecule has 0 aliphatic heterocycles. The van der Waals surface area contributed by atoms with Crippen LogP contribution in [0.3, 0.4) is 0 Å². The molecular weight excluding hydrogens is 292 g/mol. The van der Waals surface area contributed by atoms with Gasteiger partial charge in [-0.15, -0.1) is 12.4 Å². The Bertz CT molecular complexity index is 605. The molecule has 0 aromatic heterocycles. The van der Waals surface area contributed by atoms with E-state index in [0.717, 1.165) is 11.3 Å². The second kappa shape index (κ2) is 7.61. The number of benzene rings is 2. The number of aromatic hydroxyl groups is 2. The summed E-state index contributed by atoms with van der Waals surface area (Å²) in [6.45, 7) is 0.401.